The van der Waals surface area contributed by atoms with Crippen molar-refractivity contribution in [2.75, 3.05) is 0 Å². The first-order valence-corrected chi connectivity index (χ1v) is 7.04. The fourth-order valence-corrected chi connectivity index (χ4v) is 2.18. The molecule has 2 aromatic rings. The zero-order chi connectivity index (χ0) is 14.5. The zero-order valence-electron chi connectivity index (χ0n) is 12.3. The lowest BCUT2D eigenvalue weighted by Crippen LogP contribution is -2.09. The van der Waals surface area contributed by atoms with E-state index in [1.54, 1.807) is 6.20 Å². The van der Waals surface area contributed by atoms with Crippen molar-refractivity contribution in [1.29, 1.82) is 0 Å². The molecule has 4 nitrogen and oxygen atoms in total. The molecule has 0 aliphatic rings. The number of imidazole rings is 1. The van der Waals surface area contributed by atoms with Gasteiger partial charge in [-0.3, -0.25) is 0 Å². The number of benzene rings is 1. The molecule has 1 aromatic carbocycles. The average Bonchev–Trinajstić information content (AvgIpc) is 2.85. The lowest BCUT2D eigenvalue weighted by atomic mass is 10.1. The topological polar surface area (TPSA) is 47.3 Å². The summed E-state index contributed by atoms with van der Waals surface area (Å²) >= 11 is 0. The molecule has 20 heavy (non-hydrogen) atoms. The molecule has 1 unspecified atom stereocenters. The van der Waals surface area contributed by atoms with Crippen LogP contribution in [0.1, 0.15) is 38.3 Å². The van der Waals surface area contributed by atoms with Crippen LogP contribution in [0, 0.1) is 0 Å². The van der Waals surface area contributed by atoms with Crippen molar-refractivity contribution in [3.05, 3.63) is 48.0 Å². The Labute approximate surface area is 120 Å². The van der Waals surface area contributed by atoms with Gasteiger partial charge in [0.1, 0.15) is 11.6 Å². The number of hydrogen-bond acceptors (Lipinski definition) is 3. The first-order chi connectivity index (χ1) is 9.60. The highest BCUT2D eigenvalue weighted by molar-refractivity contribution is 5.30. The van der Waals surface area contributed by atoms with Crippen molar-refractivity contribution in [1.82, 2.24) is 9.55 Å². The van der Waals surface area contributed by atoms with Crippen molar-refractivity contribution in [3.8, 4) is 5.75 Å². The van der Waals surface area contributed by atoms with E-state index in [9.17, 15) is 5.11 Å². The maximum atomic E-state index is 10.4. The van der Waals surface area contributed by atoms with Gasteiger partial charge in [0.2, 0.25) is 0 Å². The summed E-state index contributed by atoms with van der Waals surface area (Å²) in [5, 5.41) is 10.4. The zero-order valence-corrected chi connectivity index (χ0v) is 12.3. The van der Waals surface area contributed by atoms with E-state index in [2.05, 4.69) is 11.9 Å². The van der Waals surface area contributed by atoms with Crippen LogP contribution < -0.4 is 4.74 Å². The van der Waals surface area contributed by atoms with E-state index in [1.807, 2.05) is 48.9 Å². The van der Waals surface area contributed by atoms with Crippen LogP contribution in [0.4, 0.5) is 0 Å². The molecule has 0 saturated heterocycles. The molecular weight excluding hydrogens is 252 g/mol. The smallest absolute Gasteiger partial charge is 0.120 e. The molecule has 1 aromatic heterocycles. The average molecular weight is 274 g/mol. The molecule has 108 valence electrons. The Hall–Kier alpha value is -1.81. The van der Waals surface area contributed by atoms with Gasteiger partial charge >= 0.3 is 0 Å². The van der Waals surface area contributed by atoms with Gasteiger partial charge in [-0.2, -0.15) is 0 Å². The normalized spacial score (nSPS) is 12.7. The van der Waals surface area contributed by atoms with Crippen LogP contribution in [0.2, 0.25) is 0 Å². The molecule has 0 aliphatic carbocycles. The van der Waals surface area contributed by atoms with Gasteiger partial charge in [0.15, 0.2) is 0 Å². The molecule has 2 rings (SSSR count). The SMILES string of the molecule is CCn1ccnc1CC(O)c1cccc(OC(C)C)c1. The highest BCUT2D eigenvalue weighted by Gasteiger charge is 2.13. The lowest BCUT2D eigenvalue weighted by molar-refractivity contribution is 0.173. The van der Waals surface area contributed by atoms with Gasteiger partial charge in [-0.15, -0.1) is 0 Å². The van der Waals surface area contributed by atoms with E-state index >= 15 is 0 Å². The van der Waals surface area contributed by atoms with Crippen LogP contribution in [0.5, 0.6) is 5.75 Å². The highest BCUT2D eigenvalue weighted by Crippen LogP contribution is 2.22. The third-order valence-electron chi connectivity index (χ3n) is 3.13. The predicted molar refractivity (Wildman–Crippen MR) is 78.8 cm³/mol. The summed E-state index contributed by atoms with van der Waals surface area (Å²) < 4.78 is 7.69. The van der Waals surface area contributed by atoms with Crippen LogP contribution in [-0.4, -0.2) is 20.8 Å². The summed E-state index contributed by atoms with van der Waals surface area (Å²) in [4.78, 5) is 4.30. The second-order valence-corrected chi connectivity index (χ2v) is 5.09. The molecule has 1 heterocycles. The molecule has 1 atom stereocenters. The first-order valence-electron chi connectivity index (χ1n) is 7.04. The fourth-order valence-electron chi connectivity index (χ4n) is 2.18. The van der Waals surface area contributed by atoms with Gasteiger partial charge in [-0.1, -0.05) is 12.1 Å². The van der Waals surface area contributed by atoms with Gasteiger partial charge in [-0.05, 0) is 38.5 Å². The highest BCUT2D eigenvalue weighted by atomic mass is 16.5. The van der Waals surface area contributed by atoms with Crippen LogP contribution in [0.15, 0.2) is 36.7 Å². The van der Waals surface area contributed by atoms with E-state index in [0.717, 1.165) is 23.7 Å². The summed E-state index contributed by atoms with van der Waals surface area (Å²) in [6.07, 6.45) is 3.76. The molecule has 0 fully saturated rings. The fraction of sp³-hybridized carbons (Fsp3) is 0.438. The summed E-state index contributed by atoms with van der Waals surface area (Å²) in [5.41, 5.74) is 0.855. The second kappa shape index (κ2) is 6.57. The van der Waals surface area contributed by atoms with Crippen molar-refractivity contribution < 1.29 is 9.84 Å². The molecule has 0 aliphatic heterocycles. The van der Waals surface area contributed by atoms with Gasteiger partial charge in [0.25, 0.3) is 0 Å². The van der Waals surface area contributed by atoms with Crippen LogP contribution in [0.3, 0.4) is 0 Å². The molecule has 1 N–H and O–H groups in total. The largest absolute Gasteiger partial charge is 0.491 e. The monoisotopic (exact) mass is 274 g/mol. The van der Waals surface area contributed by atoms with E-state index in [4.69, 9.17) is 4.74 Å². The minimum atomic E-state index is -0.571. The van der Waals surface area contributed by atoms with Crippen molar-refractivity contribution in [3.63, 3.8) is 0 Å². The van der Waals surface area contributed by atoms with Crippen LogP contribution in [-0.2, 0) is 13.0 Å². The number of nitrogens with zero attached hydrogens (tertiary/aromatic N) is 2. The Morgan fingerprint density at radius 2 is 2.15 bits per heavy atom. The summed E-state index contributed by atoms with van der Waals surface area (Å²) in [5.74, 6) is 1.69. The third kappa shape index (κ3) is 3.61. The van der Waals surface area contributed by atoms with Crippen LogP contribution in [0.25, 0.3) is 0 Å². The molecule has 0 spiro atoms. The number of aliphatic hydroxyl groups is 1. The molecule has 4 heteroatoms. The van der Waals surface area contributed by atoms with Crippen molar-refractivity contribution in [2.45, 2.75) is 45.9 Å². The molecule has 0 saturated carbocycles. The Morgan fingerprint density at radius 1 is 1.35 bits per heavy atom. The van der Waals surface area contributed by atoms with E-state index in [0.29, 0.717) is 6.42 Å². The Kier molecular flexibility index (Phi) is 4.79. The Balaban J connectivity index is 2.10. The maximum absolute atomic E-state index is 10.4. The number of ether oxygens (including phenoxy) is 1. The number of hydrogen-bond donors (Lipinski definition) is 1. The van der Waals surface area contributed by atoms with Crippen molar-refractivity contribution >= 4 is 0 Å². The minimum absolute atomic E-state index is 0.126. The summed E-state index contributed by atoms with van der Waals surface area (Å²) in [7, 11) is 0. The third-order valence-corrected chi connectivity index (χ3v) is 3.13. The Bertz CT molecular complexity index is 549. The Morgan fingerprint density at radius 3 is 2.85 bits per heavy atom. The second-order valence-electron chi connectivity index (χ2n) is 5.09. The van der Waals surface area contributed by atoms with Gasteiger partial charge in [0.05, 0.1) is 12.2 Å². The van der Waals surface area contributed by atoms with Gasteiger partial charge in [0, 0.05) is 25.4 Å². The summed E-state index contributed by atoms with van der Waals surface area (Å²) in [6.45, 7) is 6.90. The minimum Gasteiger partial charge on any atom is -0.491 e. The van der Waals surface area contributed by atoms with Gasteiger partial charge < -0.3 is 14.4 Å². The number of aromatic nitrogens is 2. The van der Waals surface area contributed by atoms with Crippen LogP contribution >= 0.6 is 0 Å². The first kappa shape index (κ1) is 14.6. The molecule has 0 bridgehead atoms. The number of aryl methyl sites for hydroxylation is 1. The standard InChI is InChI=1S/C16H22N2O2/c1-4-18-9-8-17-16(18)11-15(19)13-6-5-7-14(10-13)20-12(2)3/h5-10,12,15,19H,4,11H2,1-3H3. The lowest BCUT2D eigenvalue weighted by Gasteiger charge is -2.14. The van der Waals surface area contributed by atoms with Gasteiger partial charge in [-0.25, -0.2) is 4.98 Å². The number of aliphatic hydroxyl groups excluding tert-OH is 1. The molecular formula is C16H22N2O2. The quantitative estimate of drug-likeness (QED) is 0.881. The summed E-state index contributed by atoms with van der Waals surface area (Å²) in [6, 6.07) is 7.62. The van der Waals surface area contributed by atoms with E-state index in [-0.39, 0.29) is 6.10 Å². The number of rotatable bonds is 6. The maximum Gasteiger partial charge on any atom is 0.120 e. The van der Waals surface area contributed by atoms with Crippen molar-refractivity contribution in [2.24, 2.45) is 0 Å². The molecule has 0 radical (unpaired) electrons. The van der Waals surface area contributed by atoms with E-state index < -0.39 is 6.10 Å². The van der Waals surface area contributed by atoms with E-state index in [1.165, 1.54) is 0 Å². The predicted octanol–water partition coefficient (Wildman–Crippen LogP) is 2.97. The molecule has 0 amide bonds.